The van der Waals surface area contributed by atoms with Crippen molar-refractivity contribution in [2.75, 3.05) is 20.6 Å². The minimum atomic E-state index is -0.0113. The molecule has 0 spiro atoms. The SMILES string of the molecule is CCCCCCCC/C=C\CCCCCCCCC(CCCCCCCC/C=C\CCCCCCCC)OC(=O)CCN(C)C. The molecule has 3 nitrogen and oxygen atoms in total. The van der Waals surface area contributed by atoms with Crippen LogP contribution in [-0.2, 0) is 9.53 Å². The molecule has 0 aromatic rings. The fourth-order valence-corrected chi connectivity index (χ4v) is 6.06. The second-order valence-corrected chi connectivity index (χ2v) is 14.1. The molecule has 45 heavy (non-hydrogen) atoms. The highest BCUT2D eigenvalue weighted by Gasteiger charge is 2.14. The molecule has 0 heterocycles. The maximum absolute atomic E-state index is 12.4. The minimum Gasteiger partial charge on any atom is -0.462 e. The Morgan fingerprint density at radius 3 is 1.13 bits per heavy atom. The van der Waals surface area contributed by atoms with Crippen LogP contribution in [0.25, 0.3) is 0 Å². The number of carbonyl (C=O) groups is 1. The number of carbonyl (C=O) groups excluding carboxylic acids is 1. The predicted molar refractivity (Wildman–Crippen MR) is 201 cm³/mol. The van der Waals surface area contributed by atoms with Gasteiger partial charge in [-0.15, -0.1) is 0 Å². The summed E-state index contributed by atoms with van der Waals surface area (Å²) in [4.78, 5) is 14.5. The molecular weight excluding hydrogens is 550 g/mol. The van der Waals surface area contributed by atoms with E-state index in [1.54, 1.807) is 0 Å². The van der Waals surface area contributed by atoms with Crippen molar-refractivity contribution in [2.24, 2.45) is 0 Å². The topological polar surface area (TPSA) is 29.5 Å². The zero-order valence-electron chi connectivity index (χ0n) is 31.3. The van der Waals surface area contributed by atoms with Gasteiger partial charge in [0.05, 0.1) is 6.42 Å². The normalized spacial score (nSPS) is 12.0. The van der Waals surface area contributed by atoms with Gasteiger partial charge in [0.15, 0.2) is 0 Å². The fourth-order valence-electron chi connectivity index (χ4n) is 6.06. The van der Waals surface area contributed by atoms with Crippen LogP contribution in [-0.4, -0.2) is 37.6 Å². The van der Waals surface area contributed by atoms with Crippen LogP contribution < -0.4 is 0 Å². The first kappa shape index (κ1) is 43.9. The van der Waals surface area contributed by atoms with Crippen molar-refractivity contribution in [3.8, 4) is 0 Å². The van der Waals surface area contributed by atoms with E-state index in [1.807, 2.05) is 14.1 Å². The maximum atomic E-state index is 12.4. The molecule has 0 N–H and O–H groups in total. The van der Waals surface area contributed by atoms with Crippen LogP contribution in [0.4, 0.5) is 0 Å². The third-order valence-electron chi connectivity index (χ3n) is 9.14. The fraction of sp³-hybridized carbons (Fsp3) is 0.881. The molecule has 3 heteroatoms. The first-order valence-electron chi connectivity index (χ1n) is 20.2. The van der Waals surface area contributed by atoms with Crippen molar-refractivity contribution in [2.45, 2.75) is 219 Å². The van der Waals surface area contributed by atoms with Crippen LogP contribution in [0.2, 0.25) is 0 Å². The molecule has 0 aromatic heterocycles. The molecule has 0 bridgehead atoms. The van der Waals surface area contributed by atoms with Crippen molar-refractivity contribution in [3.05, 3.63) is 24.3 Å². The van der Waals surface area contributed by atoms with Crippen LogP contribution in [0.15, 0.2) is 24.3 Å². The Morgan fingerprint density at radius 2 is 0.800 bits per heavy atom. The van der Waals surface area contributed by atoms with E-state index in [0.29, 0.717) is 6.42 Å². The molecule has 0 aliphatic rings. The lowest BCUT2D eigenvalue weighted by Gasteiger charge is -2.19. The van der Waals surface area contributed by atoms with Gasteiger partial charge < -0.3 is 9.64 Å². The molecule has 0 saturated heterocycles. The van der Waals surface area contributed by atoms with E-state index in [9.17, 15) is 4.79 Å². The summed E-state index contributed by atoms with van der Waals surface area (Å²) in [5, 5.41) is 0. The summed E-state index contributed by atoms with van der Waals surface area (Å²) in [6.07, 6.45) is 49.7. The van der Waals surface area contributed by atoms with E-state index < -0.39 is 0 Å². The Labute approximate surface area is 283 Å². The molecule has 0 atom stereocenters. The number of rotatable bonds is 36. The molecule has 0 saturated carbocycles. The summed E-state index contributed by atoms with van der Waals surface area (Å²) < 4.78 is 5.97. The van der Waals surface area contributed by atoms with Crippen LogP contribution in [0.3, 0.4) is 0 Å². The lowest BCUT2D eigenvalue weighted by molar-refractivity contribution is -0.150. The highest BCUT2D eigenvalue weighted by atomic mass is 16.5. The van der Waals surface area contributed by atoms with Crippen molar-refractivity contribution in [3.63, 3.8) is 0 Å². The Hall–Kier alpha value is -1.09. The van der Waals surface area contributed by atoms with Gasteiger partial charge in [-0.25, -0.2) is 0 Å². The van der Waals surface area contributed by atoms with Crippen LogP contribution in [0.5, 0.6) is 0 Å². The average molecular weight is 632 g/mol. The summed E-state index contributed by atoms with van der Waals surface area (Å²) in [5.74, 6) is -0.0113. The summed E-state index contributed by atoms with van der Waals surface area (Å²) >= 11 is 0. The van der Waals surface area contributed by atoms with Gasteiger partial charge in [0.25, 0.3) is 0 Å². The van der Waals surface area contributed by atoms with Crippen molar-refractivity contribution in [1.29, 1.82) is 0 Å². The number of unbranched alkanes of at least 4 members (excludes halogenated alkanes) is 24. The number of nitrogens with zero attached hydrogens (tertiary/aromatic N) is 1. The first-order chi connectivity index (χ1) is 22.1. The number of ether oxygens (including phenoxy) is 1. The Balaban J connectivity index is 3.89. The van der Waals surface area contributed by atoms with Crippen LogP contribution in [0, 0.1) is 0 Å². The van der Waals surface area contributed by atoms with Gasteiger partial charge in [0, 0.05) is 6.54 Å². The van der Waals surface area contributed by atoms with E-state index in [0.717, 1.165) is 19.4 Å². The Morgan fingerprint density at radius 1 is 0.489 bits per heavy atom. The highest BCUT2D eigenvalue weighted by molar-refractivity contribution is 5.69. The van der Waals surface area contributed by atoms with Gasteiger partial charge >= 0.3 is 5.97 Å². The second kappa shape index (κ2) is 37.4. The van der Waals surface area contributed by atoms with Crippen LogP contribution >= 0.6 is 0 Å². The average Bonchev–Trinajstić information content (AvgIpc) is 3.03. The summed E-state index contributed by atoms with van der Waals surface area (Å²) in [6.45, 7) is 5.34. The van der Waals surface area contributed by atoms with Gasteiger partial charge in [-0.2, -0.15) is 0 Å². The number of allylic oxidation sites excluding steroid dienone is 4. The van der Waals surface area contributed by atoms with Crippen molar-refractivity contribution in [1.82, 2.24) is 4.90 Å². The molecule has 0 rings (SSSR count). The van der Waals surface area contributed by atoms with Gasteiger partial charge in [-0.1, -0.05) is 154 Å². The number of esters is 1. The van der Waals surface area contributed by atoms with Crippen molar-refractivity contribution >= 4 is 5.97 Å². The lowest BCUT2D eigenvalue weighted by atomic mass is 10.0. The Kier molecular flexibility index (Phi) is 36.5. The minimum absolute atomic E-state index is 0.0113. The summed E-state index contributed by atoms with van der Waals surface area (Å²) in [5.41, 5.74) is 0. The smallest absolute Gasteiger partial charge is 0.307 e. The Bertz CT molecular complexity index is 599. The molecule has 0 aliphatic carbocycles. The highest BCUT2D eigenvalue weighted by Crippen LogP contribution is 2.18. The largest absolute Gasteiger partial charge is 0.462 e. The zero-order chi connectivity index (χ0) is 32.9. The zero-order valence-corrected chi connectivity index (χ0v) is 31.3. The monoisotopic (exact) mass is 632 g/mol. The quantitative estimate of drug-likeness (QED) is 0.0391. The number of hydrogen-bond acceptors (Lipinski definition) is 3. The first-order valence-corrected chi connectivity index (χ1v) is 20.2. The second-order valence-electron chi connectivity index (χ2n) is 14.1. The third-order valence-corrected chi connectivity index (χ3v) is 9.14. The molecule has 0 fully saturated rings. The molecule has 0 amide bonds. The van der Waals surface area contributed by atoms with Gasteiger partial charge in [-0.3, -0.25) is 4.79 Å². The predicted octanol–water partition coefficient (Wildman–Crippen LogP) is 13.7. The summed E-state index contributed by atoms with van der Waals surface area (Å²) in [7, 11) is 4.04. The van der Waals surface area contributed by atoms with E-state index in [2.05, 4.69) is 43.1 Å². The third kappa shape index (κ3) is 37.2. The standard InChI is InChI=1S/C42H81NO2/c1-5-7-9-11-13-15-17-19-21-23-25-27-29-31-33-35-37-41(45-42(44)39-40-43(3)4)38-36-34-32-30-28-26-24-22-20-18-16-14-12-10-8-6-2/h19-22,41H,5-18,23-40H2,1-4H3/b21-19-,22-20-. The molecule has 0 aromatic carbocycles. The molecular formula is C42H81NO2. The lowest BCUT2D eigenvalue weighted by Crippen LogP contribution is -2.22. The van der Waals surface area contributed by atoms with Gasteiger partial charge in [0.2, 0.25) is 0 Å². The molecule has 0 radical (unpaired) electrons. The molecule has 266 valence electrons. The van der Waals surface area contributed by atoms with E-state index in [-0.39, 0.29) is 12.1 Å². The van der Waals surface area contributed by atoms with Gasteiger partial charge in [-0.05, 0) is 91.1 Å². The maximum Gasteiger partial charge on any atom is 0.307 e. The summed E-state index contributed by atoms with van der Waals surface area (Å²) in [6, 6.07) is 0. The van der Waals surface area contributed by atoms with E-state index >= 15 is 0 Å². The van der Waals surface area contributed by atoms with Crippen molar-refractivity contribution < 1.29 is 9.53 Å². The molecule has 0 aliphatic heterocycles. The number of hydrogen-bond donors (Lipinski definition) is 0. The van der Waals surface area contributed by atoms with E-state index in [1.165, 1.54) is 180 Å². The van der Waals surface area contributed by atoms with Crippen LogP contribution in [0.1, 0.15) is 213 Å². The molecule has 0 unspecified atom stereocenters. The van der Waals surface area contributed by atoms with E-state index in [4.69, 9.17) is 4.74 Å². The van der Waals surface area contributed by atoms with Gasteiger partial charge in [0.1, 0.15) is 6.10 Å².